The minimum absolute atomic E-state index is 0.109. The number of nitrogen functional groups attached to an aromatic ring is 1. The van der Waals surface area contributed by atoms with Gasteiger partial charge in [-0.05, 0) is 50.1 Å². The van der Waals surface area contributed by atoms with Gasteiger partial charge in [0.2, 0.25) is 0 Å². The summed E-state index contributed by atoms with van der Waals surface area (Å²) >= 11 is 0. The van der Waals surface area contributed by atoms with Gasteiger partial charge in [-0.2, -0.15) is 10.1 Å². The number of nitrogens with two attached hydrogens (primary N) is 1. The highest BCUT2D eigenvalue weighted by Crippen LogP contribution is 2.46. The molecule has 2 aromatic rings. The van der Waals surface area contributed by atoms with Gasteiger partial charge < -0.3 is 24.5 Å². The number of hydrogen-bond donors (Lipinski definition) is 2. The molecule has 1 aromatic heterocycles. The zero-order valence-electron chi connectivity index (χ0n) is 18.5. The molecular weight excluding hydrogens is 455 g/mol. The molecule has 13 heteroatoms. The molecule has 2 unspecified atom stereocenters. The minimum atomic E-state index is -4.02. The number of esters is 1. The number of nitrogens with zero attached hydrogens (tertiary/aromatic N) is 2. The molecule has 180 valence electrons. The summed E-state index contributed by atoms with van der Waals surface area (Å²) in [5, 5.41) is 2.57. The van der Waals surface area contributed by atoms with E-state index < -0.39 is 37.8 Å². The van der Waals surface area contributed by atoms with Gasteiger partial charge in [0, 0.05) is 6.20 Å². The Labute approximate surface area is 190 Å². The number of ether oxygens (including phenoxy) is 3. The molecule has 1 aromatic carbocycles. The van der Waals surface area contributed by atoms with Crippen LogP contribution in [0.25, 0.3) is 0 Å². The SMILES string of the molecule is COC(=O)C(C)NP(=O)(OC[C@@H]1CC[C@H](n2ccc(N)nc2=O)O1)Oc1ccc(OC)cc1. The maximum Gasteiger partial charge on any atom is 0.459 e. The van der Waals surface area contributed by atoms with Crippen molar-refractivity contribution in [2.24, 2.45) is 0 Å². The number of methoxy groups -OCH3 is 2. The Morgan fingerprint density at radius 3 is 2.61 bits per heavy atom. The third-order valence-corrected chi connectivity index (χ3v) is 6.51. The predicted octanol–water partition coefficient (Wildman–Crippen LogP) is 1.87. The van der Waals surface area contributed by atoms with E-state index in [1.54, 1.807) is 24.3 Å². The normalized spacial score (nSPS) is 20.6. The molecular formula is C20H27N4O8P. The van der Waals surface area contributed by atoms with Crippen LogP contribution in [0.15, 0.2) is 41.3 Å². The van der Waals surface area contributed by atoms with Gasteiger partial charge in [0.25, 0.3) is 0 Å². The maximum absolute atomic E-state index is 13.4. The highest BCUT2D eigenvalue weighted by molar-refractivity contribution is 7.52. The zero-order valence-corrected chi connectivity index (χ0v) is 19.4. The summed E-state index contributed by atoms with van der Waals surface area (Å²) < 4.78 is 41.6. The molecule has 1 saturated heterocycles. The fourth-order valence-corrected chi connectivity index (χ4v) is 4.69. The first-order chi connectivity index (χ1) is 15.7. The molecule has 1 fully saturated rings. The number of anilines is 1. The van der Waals surface area contributed by atoms with Crippen molar-refractivity contribution in [3.63, 3.8) is 0 Å². The zero-order chi connectivity index (χ0) is 24.0. The minimum Gasteiger partial charge on any atom is -0.497 e. The Kier molecular flexibility index (Phi) is 8.09. The number of hydrogen-bond acceptors (Lipinski definition) is 10. The summed E-state index contributed by atoms with van der Waals surface area (Å²) in [5.74, 6) is 0.321. The predicted molar refractivity (Wildman–Crippen MR) is 118 cm³/mol. The van der Waals surface area contributed by atoms with Crippen LogP contribution >= 0.6 is 7.75 Å². The molecule has 0 saturated carbocycles. The van der Waals surface area contributed by atoms with Crippen molar-refractivity contribution in [2.75, 3.05) is 26.6 Å². The van der Waals surface area contributed by atoms with Gasteiger partial charge in [-0.3, -0.25) is 13.9 Å². The molecule has 4 atom stereocenters. The van der Waals surface area contributed by atoms with Crippen LogP contribution in [0.3, 0.4) is 0 Å². The van der Waals surface area contributed by atoms with Crippen LogP contribution < -0.4 is 25.8 Å². The van der Waals surface area contributed by atoms with E-state index in [0.29, 0.717) is 18.6 Å². The van der Waals surface area contributed by atoms with E-state index in [0.717, 1.165) is 0 Å². The van der Waals surface area contributed by atoms with Crippen molar-refractivity contribution < 1.29 is 32.6 Å². The van der Waals surface area contributed by atoms with Crippen LogP contribution in [0.5, 0.6) is 11.5 Å². The van der Waals surface area contributed by atoms with Crippen LogP contribution in [-0.2, 0) is 23.4 Å². The fourth-order valence-electron chi connectivity index (χ4n) is 3.17. The van der Waals surface area contributed by atoms with Gasteiger partial charge in [0.05, 0.1) is 26.9 Å². The molecule has 3 N–H and O–H groups in total. The molecule has 0 aliphatic carbocycles. The van der Waals surface area contributed by atoms with Crippen molar-refractivity contribution >= 4 is 19.5 Å². The smallest absolute Gasteiger partial charge is 0.459 e. The molecule has 3 rings (SSSR count). The molecule has 1 aliphatic heterocycles. The highest BCUT2D eigenvalue weighted by atomic mass is 31.2. The summed E-state index contributed by atoms with van der Waals surface area (Å²) in [5.41, 5.74) is 5.00. The first kappa shape index (κ1) is 24.7. The van der Waals surface area contributed by atoms with E-state index in [4.69, 9.17) is 24.3 Å². The van der Waals surface area contributed by atoms with Crippen molar-refractivity contribution in [3.05, 3.63) is 47.0 Å². The molecule has 0 bridgehead atoms. The average Bonchev–Trinajstić information content (AvgIpc) is 3.26. The molecule has 12 nitrogen and oxygen atoms in total. The van der Waals surface area contributed by atoms with Gasteiger partial charge in [0.15, 0.2) is 0 Å². The molecule has 0 spiro atoms. The van der Waals surface area contributed by atoms with Gasteiger partial charge in [0.1, 0.15) is 29.6 Å². The van der Waals surface area contributed by atoms with E-state index in [1.807, 2.05) is 0 Å². The fraction of sp³-hybridized carbons (Fsp3) is 0.450. The summed E-state index contributed by atoms with van der Waals surface area (Å²) in [6.07, 6.45) is 1.55. The Morgan fingerprint density at radius 2 is 1.97 bits per heavy atom. The second-order valence-corrected chi connectivity index (χ2v) is 8.96. The Balaban J connectivity index is 1.68. The van der Waals surface area contributed by atoms with Crippen LogP contribution in [0.1, 0.15) is 26.0 Å². The van der Waals surface area contributed by atoms with Crippen LogP contribution in [0, 0.1) is 0 Å². The lowest BCUT2D eigenvalue weighted by molar-refractivity contribution is -0.142. The largest absolute Gasteiger partial charge is 0.497 e. The summed E-state index contributed by atoms with van der Waals surface area (Å²) in [7, 11) is -1.28. The van der Waals surface area contributed by atoms with Crippen molar-refractivity contribution in [1.82, 2.24) is 14.6 Å². The second kappa shape index (κ2) is 10.8. The molecule has 0 radical (unpaired) electrons. The van der Waals surface area contributed by atoms with E-state index in [-0.39, 0.29) is 18.2 Å². The van der Waals surface area contributed by atoms with E-state index in [9.17, 15) is 14.2 Å². The summed E-state index contributed by atoms with van der Waals surface area (Å²) in [6.45, 7) is 1.36. The summed E-state index contributed by atoms with van der Waals surface area (Å²) in [6, 6.07) is 6.92. The quantitative estimate of drug-likeness (QED) is 0.377. The van der Waals surface area contributed by atoms with Crippen molar-refractivity contribution in [3.8, 4) is 11.5 Å². The molecule has 0 amide bonds. The van der Waals surface area contributed by atoms with E-state index in [2.05, 4.69) is 14.8 Å². The molecule has 33 heavy (non-hydrogen) atoms. The second-order valence-electron chi connectivity index (χ2n) is 7.27. The number of aromatic nitrogens is 2. The van der Waals surface area contributed by atoms with Crippen LogP contribution in [0.4, 0.5) is 5.82 Å². The third-order valence-electron chi connectivity index (χ3n) is 4.87. The maximum atomic E-state index is 13.4. The lowest BCUT2D eigenvalue weighted by Gasteiger charge is -2.24. The standard InChI is InChI=1S/C20H27N4O8P/c1-13(19(25)29-3)23-33(27,32-15-6-4-14(28-2)5-7-15)30-12-16-8-9-18(31-16)24-11-10-17(21)22-20(24)26/h4-7,10-11,13,16,18H,8-9,12H2,1-3H3,(H,23,27)(H2,21,22,26)/t13?,16-,18+,33?/m0/s1. The van der Waals surface area contributed by atoms with Crippen LogP contribution in [0.2, 0.25) is 0 Å². The topological polar surface area (TPSA) is 153 Å². The van der Waals surface area contributed by atoms with Gasteiger partial charge in [-0.1, -0.05) is 0 Å². The molecule has 2 heterocycles. The Hall–Kier alpha value is -2.92. The van der Waals surface area contributed by atoms with Crippen LogP contribution in [-0.4, -0.2) is 48.5 Å². The lowest BCUT2D eigenvalue weighted by atomic mass is 10.2. The van der Waals surface area contributed by atoms with Gasteiger partial charge >= 0.3 is 19.4 Å². The number of nitrogens with one attached hydrogen (secondary N) is 1. The third kappa shape index (κ3) is 6.55. The summed E-state index contributed by atoms with van der Waals surface area (Å²) in [4.78, 5) is 27.6. The lowest BCUT2D eigenvalue weighted by Crippen LogP contribution is -2.35. The number of carbonyl (C=O) groups is 1. The van der Waals surface area contributed by atoms with Gasteiger partial charge in [-0.15, -0.1) is 0 Å². The molecule has 1 aliphatic rings. The first-order valence-corrected chi connectivity index (χ1v) is 11.7. The monoisotopic (exact) mass is 482 g/mol. The Bertz CT molecular complexity index is 1060. The number of rotatable bonds is 10. The van der Waals surface area contributed by atoms with Crippen molar-refractivity contribution in [2.45, 2.75) is 38.1 Å². The number of carbonyl (C=O) groups excluding carboxylic acids is 1. The number of benzene rings is 1. The Morgan fingerprint density at radius 1 is 1.27 bits per heavy atom. The first-order valence-electron chi connectivity index (χ1n) is 10.2. The van der Waals surface area contributed by atoms with Gasteiger partial charge in [-0.25, -0.2) is 9.36 Å². The van der Waals surface area contributed by atoms with Crippen molar-refractivity contribution in [1.29, 1.82) is 0 Å². The average molecular weight is 482 g/mol. The highest BCUT2D eigenvalue weighted by Gasteiger charge is 2.35. The van der Waals surface area contributed by atoms with E-state index in [1.165, 1.54) is 38.0 Å². The van der Waals surface area contributed by atoms with E-state index >= 15 is 0 Å².